The van der Waals surface area contributed by atoms with E-state index in [1.165, 1.54) is 0 Å². The summed E-state index contributed by atoms with van der Waals surface area (Å²) >= 11 is 6.48. The number of rotatable bonds is 8. The molecule has 0 radical (unpaired) electrons. The van der Waals surface area contributed by atoms with Crippen molar-refractivity contribution >= 4 is 23.6 Å². The van der Waals surface area contributed by atoms with Crippen molar-refractivity contribution in [3.05, 3.63) is 46.2 Å². The standard InChI is InChI=1S/C24H33ClN4O3/c1-17(2)15-29-24(25)21(18(3)26-29)7-9-23(30)28-12-10-27(11-13-28)16-19-14-20(31-4)6-8-22(19)32-5/h6-9,14,17H,10-13,15-16H2,1-5H3/b9-7+. The zero-order valence-electron chi connectivity index (χ0n) is 19.6. The predicted molar refractivity (Wildman–Crippen MR) is 127 cm³/mol. The minimum absolute atomic E-state index is 0.00399. The first-order valence-electron chi connectivity index (χ1n) is 11.0. The van der Waals surface area contributed by atoms with E-state index < -0.39 is 0 Å². The molecule has 0 saturated carbocycles. The topological polar surface area (TPSA) is 59.8 Å². The second kappa shape index (κ2) is 10.9. The fourth-order valence-corrected chi connectivity index (χ4v) is 4.16. The molecule has 1 amide bonds. The van der Waals surface area contributed by atoms with Crippen molar-refractivity contribution in [2.24, 2.45) is 5.92 Å². The molecule has 1 aliphatic heterocycles. The number of hydrogen-bond donors (Lipinski definition) is 0. The summed E-state index contributed by atoms with van der Waals surface area (Å²) in [6.45, 7) is 10.6. The molecule has 0 bridgehead atoms. The lowest BCUT2D eigenvalue weighted by molar-refractivity contribution is -0.127. The molecule has 7 nitrogen and oxygen atoms in total. The van der Waals surface area contributed by atoms with Gasteiger partial charge in [-0.05, 0) is 37.1 Å². The molecule has 174 valence electrons. The maximum atomic E-state index is 12.7. The van der Waals surface area contributed by atoms with E-state index in [0.29, 0.717) is 24.2 Å². The zero-order valence-corrected chi connectivity index (χ0v) is 20.4. The predicted octanol–water partition coefficient (Wildman–Crippen LogP) is 3.88. The van der Waals surface area contributed by atoms with Gasteiger partial charge in [0.05, 0.1) is 19.9 Å². The van der Waals surface area contributed by atoms with Crippen LogP contribution in [0.5, 0.6) is 11.5 Å². The Morgan fingerprint density at radius 2 is 1.91 bits per heavy atom. The first-order valence-corrected chi connectivity index (χ1v) is 11.3. The largest absolute Gasteiger partial charge is 0.497 e. The van der Waals surface area contributed by atoms with Crippen molar-refractivity contribution in [2.75, 3.05) is 40.4 Å². The molecule has 0 N–H and O–H groups in total. The highest BCUT2D eigenvalue weighted by Gasteiger charge is 2.21. The van der Waals surface area contributed by atoms with Crippen molar-refractivity contribution < 1.29 is 14.3 Å². The molecule has 1 fully saturated rings. The van der Waals surface area contributed by atoms with E-state index in [9.17, 15) is 4.79 Å². The van der Waals surface area contributed by atoms with E-state index in [1.54, 1.807) is 31.1 Å². The van der Waals surface area contributed by atoms with Crippen LogP contribution in [-0.2, 0) is 17.9 Å². The van der Waals surface area contributed by atoms with Gasteiger partial charge in [-0.15, -0.1) is 0 Å². The van der Waals surface area contributed by atoms with E-state index in [4.69, 9.17) is 21.1 Å². The molecule has 2 aromatic rings. The van der Waals surface area contributed by atoms with Gasteiger partial charge in [0.15, 0.2) is 0 Å². The second-order valence-corrected chi connectivity index (χ2v) is 8.84. The molecule has 3 rings (SSSR count). The highest BCUT2D eigenvalue weighted by molar-refractivity contribution is 6.31. The Morgan fingerprint density at radius 3 is 2.53 bits per heavy atom. The smallest absolute Gasteiger partial charge is 0.246 e. The molecule has 0 spiro atoms. The van der Waals surface area contributed by atoms with Crippen LogP contribution in [0, 0.1) is 12.8 Å². The van der Waals surface area contributed by atoms with Gasteiger partial charge in [-0.3, -0.25) is 14.4 Å². The first kappa shape index (κ1) is 24.1. The lowest BCUT2D eigenvalue weighted by atomic mass is 10.1. The molecular formula is C24H33ClN4O3. The van der Waals surface area contributed by atoms with Gasteiger partial charge in [0.1, 0.15) is 16.7 Å². The highest BCUT2D eigenvalue weighted by atomic mass is 35.5. The Balaban J connectivity index is 1.58. The van der Waals surface area contributed by atoms with Crippen LogP contribution in [0.1, 0.15) is 30.7 Å². The Morgan fingerprint density at radius 1 is 1.19 bits per heavy atom. The summed E-state index contributed by atoms with van der Waals surface area (Å²) in [5.74, 6) is 2.09. The number of carbonyl (C=O) groups is 1. The summed E-state index contributed by atoms with van der Waals surface area (Å²) in [7, 11) is 3.34. The second-order valence-electron chi connectivity index (χ2n) is 8.48. The number of piperazine rings is 1. The Hall–Kier alpha value is -2.51. The number of ether oxygens (including phenoxy) is 2. The lowest BCUT2D eigenvalue weighted by Crippen LogP contribution is -2.47. The average Bonchev–Trinajstić information content (AvgIpc) is 3.04. The monoisotopic (exact) mass is 460 g/mol. The third-order valence-corrected chi connectivity index (χ3v) is 6.00. The molecule has 2 heterocycles. The summed E-state index contributed by atoms with van der Waals surface area (Å²) in [6.07, 6.45) is 3.40. The normalized spacial score (nSPS) is 15.0. The van der Waals surface area contributed by atoms with Crippen LogP contribution in [0.2, 0.25) is 5.15 Å². The number of methoxy groups -OCH3 is 2. The van der Waals surface area contributed by atoms with E-state index >= 15 is 0 Å². The number of aromatic nitrogens is 2. The van der Waals surface area contributed by atoms with Crippen molar-refractivity contribution in [3.8, 4) is 11.5 Å². The SMILES string of the molecule is COc1ccc(OC)c(CN2CCN(C(=O)/C=C/c3c(C)nn(CC(C)C)c3Cl)CC2)c1. The first-order chi connectivity index (χ1) is 15.3. The average molecular weight is 461 g/mol. The minimum Gasteiger partial charge on any atom is -0.497 e. The molecule has 1 aromatic carbocycles. The van der Waals surface area contributed by atoms with Crippen LogP contribution >= 0.6 is 11.6 Å². The van der Waals surface area contributed by atoms with Gasteiger partial charge in [-0.2, -0.15) is 5.10 Å². The van der Waals surface area contributed by atoms with Crippen LogP contribution in [0.25, 0.3) is 6.08 Å². The molecule has 0 atom stereocenters. The van der Waals surface area contributed by atoms with Crippen molar-refractivity contribution in [1.82, 2.24) is 19.6 Å². The lowest BCUT2D eigenvalue weighted by Gasteiger charge is -2.34. The Bertz CT molecular complexity index is 962. The number of halogens is 1. The number of hydrogen-bond acceptors (Lipinski definition) is 5. The molecule has 1 aliphatic rings. The van der Waals surface area contributed by atoms with Gasteiger partial charge in [0.2, 0.25) is 5.91 Å². The maximum Gasteiger partial charge on any atom is 0.246 e. The van der Waals surface area contributed by atoms with Crippen LogP contribution < -0.4 is 9.47 Å². The summed E-state index contributed by atoms with van der Waals surface area (Å²) in [5, 5.41) is 5.08. The van der Waals surface area contributed by atoms with Crippen molar-refractivity contribution in [3.63, 3.8) is 0 Å². The Kier molecular flexibility index (Phi) is 8.21. The number of aryl methyl sites for hydroxylation is 1. The van der Waals surface area contributed by atoms with Gasteiger partial charge in [0.25, 0.3) is 0 Å². The number of benzene rings is 1. The molecule has 0 aliphatic carbocycles. The number of nitrogens with zero attached hydrogens (tertiary/aromatic N) is 4. The van der Waals surface area contributed by atoms with Crippen LogP contribution in [-0.4, -0.2) is 65.9 Å². The van der Waals surface area contributed by atoms with Gasteiger partial charge in [0, 0.05) is 56.5 Å². The molecule has 8 heteroatoms. The van der Waals surface area contributed by atoms with Gasteiger partial charge < -0.3 is 14.4 Å². The molecule has 0 unspecified atom stereocenters. The number of carbonyl (C=O) groups excluding carboxylic acids is 1. The van der Waals surface area contributed by atoms with E-state index in [0.717, 1.165) is 54.5 Å². The zero-order chi connectivity index (χ0) is 23.3. The van der Waals surface area contributed by atoms with Gasteiger partial charge in [-0.25, -0.2) is 0 Å². The fraction of sp³-hybridized carbons (Fsp3) is 0.500. The van der Waals surface area contributed by atoms with Gasteiger partial charge in [-0.1, -0.05) is 25.4 Å². The third kappa shape index (κ3) is 5.84. The Labute approximate surface area is 195 Å². The molecular weight excluding hydrogens is 428 g/mol. The van der Waals surface area contributed by atoms with Gasteiger partial charge >= 0.3 is 0 Å². The highest BCUT2D eigenvalue weighted by Crippen LogP contribution is 2.26. The molecule has 32 heavy (non-hydrogen) atoms. The summed E-state index contributed by atoms with van der Waals surface area (Å²) < 4.78 is 12.6. The van der Waals surface area contributed by atoms with Crippen LogP contribution in [0.3, 0.4) is 0 Å². The minimum atomic E-state index is -0.00399. The fourth-order valence-electron chi connectivity index (χ4n) is 3.86. The van der Waals surface area contributed by atoms with Crippen LogP contribution in [0.15, 0.2) is 24.3 Å². The molecule has 1 saturated heterocycles. The maximum absolute atomic E-state index is 12.7. The summed E-state index contributed by atoms with van der Waals surface area (Å²) in [5.41, 5.74) is 2.72. The molecule has 1 aromatic heterocycles. The van der Waals surface area contributed by atoms with Crippen molar-refractivity contribution in [2.45, 2.75) is 33.9 Å². The van der Waals surface area contributed by atoms with Crippen molar-refractivity contribution in [1.29, 1.82) is 0 Å². The van der Waals surface area contributed by atoms with E-state index in [1.807, 2.05) is 30.0 Å². The summed E-state index contributed by atoms with van der Waals surface area (Å²) in [6, 6.07) is 5.82. The number of amides is 1. The quantitative estimate of drug-likeness (QED) is 0.559. The third-order valence-electron chi connectivity index (χ3n) is 5.61. The summed E-state index contributed by atoms with van der Waals surface area (Å²) in [4.78, 5) is 16.9. The van der Waals surface area contributed by atoms with E-state index in [-0.39, 0.29) is 5.91 Å². The van der Waals surface area contributed by atoms with Crippen LogP contribution in [0.4, 0.5) is 0 Å². The van der Waals surface area contributed by atoms with E-state index in [2.05, 4.69) is 23.8 Å².